The number of furan rings is 1. The lowest BCUT2D eigenvalue weighted by Gasteiger charge is -2.39. The zero-order chi connectivity index (χ0) is 25.0. The number of hydrogen-bond acceptors (Lipinski definition) is 5. The third-order valence-corrected chi connectivity index (χ3v) is 7.23. The summed E-state index contributed by atoms with van der Waals surface area (Å²) in [6.07, 6.45) is 7.34. The van der Waals surface area contributed by atoms with Crippen molar-refractivity contribution in [1.82, 2.24) is 4.90 Å². The Hall–Kier alpha value is -3.38. The molecule has 3 aromatic rings. The van der Waals surface area contributed by atoms with Gasteiger partial charge in [0.25, 0.3) is 0 Å². The average Bonchev–Trinajstić information content (AvgIpc) is 3.49. The van der Waals surface area contributed by atoms with Crippen molar-refractivity contribution in [2.45, 2.75) is 51.2 Å². The molecule has 1 aliphatic carbocycles. The van der Waals surface area contributed by atoms with E-state index in [9.17, 15) is 9.18 Å². The van der Waals surface area contributed by atoms with Crippen molar-refractivity contribution in [2.24, 2.45) is 0 Å². The number of esters is 1. The fourth-order valence-electron chi connectivity index (χ4n) is 5.23. The first kappa shape index (κ1) is 24.3. The van der Waals surface area contributed by atoms with Crippen LogP contribution in [0.5, 0.6) is 5.75 Å². The molecular formula is C30H32FNO4. The molecule has 0 bridgehead atoms. The number of hydrogen-bond donors (Lipinski definition) is 0. The predicted molar refractivity (Wildman–Crippen MR) is 136 cm³/mol. The van der Waals surface area contributed by atoms with Crippen LogP contribution in [0.25, 0.3) is 6.08 Å². The number of likely N-dealkylation sites (tertiary alicyclic amines) is 1. The molecule has 2 aromatic carbocycles. The Kier molecular flexibility index (Phi) is 7.23. The quantitative estimate of drug-likeness (QED) is 0.342. The second kappa shape index (κ2) is 10.7. The van der Waals surface area contributed by atoms with Crippen LogP contribution in [0.2, 0.25) is 0 Å². The molecule has 36 heavy (non-hydrogen) atoms. The highest BCUT2D eigenvalue weighted by Gasteiger charge is 2.37. The van der Waals surface area contributed by atoms with Gasteiger partial charge in [0.15, 0.2) is 0 Å². The maximum atomic E-state index is 14.4. The molecule has 2 aliphatic rings. The number of benzene rings is 2. The molecule has 188 valence electrons. The molecule has 1 saturated heterocycles. The highest BCUT2D eigenvalue weighted by Crippen LogP contribution is 2.43. The van der Waals surface area contributed by atoms with E-state index in [0.717, 1.165) is 38.2 Å². The lowest BCUT2D eigenvalue weighted by molar-refractivity contribution is -0.143. The number of fused-ring (bicyclic) bond motifs is 2. The summed E-state index contributed by atoms with van der Waals surface area (Å²) < 4.78 is 31.0. The van der Waals surface area contributed by atoms with Crippen molar-refractivity contribution in [2.75, 3.05) is 19.7 Å². The van der Waals surface area contributed by atoms with E-state index in [4.69, 9.17) is 13.9 Å². The van der Waals surface area contributed by atoms with Crippen molar-refractivity contribution < 1.29 is 23.1 Å². The molecule has 0 N–H and O–H groups in total. The number of ether oxygens (including phenoxy) is 2. The van der Waals surface area contributed by atoms with Gasteiger partial charge in [-0.2, -0.15) is 0 Å². The van der Waals surface area contributed by atoms with E-state index in [0.29, 0.717) is 30.1 Å². The molecule has 1 fully saturated rings. The third-order valence-electron chi connectivity index (χ3n) is 7.23. The molecule has 5 nitrogen and oxygen atoms in total. The van der Waals surface area contributed by atoms with Crippen LogP contribution in [0.4, 0.5) is 4.39 Å². The van der Waals surface area contributed by atoms with Crippen LogP contribution >= 0.6 is 0 Å². The van der Waals surface area contributed by atoms with E-state index in [1.807, 2.05) is 12.1 Å². The van der Waals surface area contributed by atoms with Crippen LogP contribution in [0.1, 0.15) is 54.4 Å². The monoisotopic (exact) mass is 489 g/mol. The van der Waals surface area contributed by atoms with Gasteiger partial charge >= 0.3 is 5.97 Å². The minimum absolute atomic E-state index is 0.155. The van der Waals surface area contributed by atoms with Gasteiger partial charge in [0, 0.05) is 17.9 Å². The summed E-state index contributed by atoms with van der Waals surface area (Å²) in [5, 5.41) is 0. The first-order valence-corrected chi connectivity index (χ1v) is 12.7. The maximum Gasteiger partial charge on any atom is 0.306 e. The van der Waals surface area contributed by atoms with Gasteiger partial charge in [-0.25, -0.2) is 4.39 Å². The summed E-state index contributed by atoms with van der Waals surface area (Å²) in [5.74, 6) is 1.33. The number of aryl methyl sites for hydroxylation is 1. The summed E-state index contributed by atoms with van der Waals surface area (Å²) >= 11 is 0. The largest absolute Gasteiger partial charge is 0.486 e. The van der Waals surface area contributed by atoms with Crippen LogP contribution in [-0.2, 0) is 34.5 Å². The smallest absolute Gasteiger partial charge is 0.306 e. The van der Waals surface area contributed by atoms with E-state index in [-0.39, 0.29) is 30.2 Å². The SMILES string of the molecule is CCOC(=O)CCc1ccc(OCc2ccc(CN3CCC4(C=Cc5ccccc54)CC3)o2)cc1F. The van der Waals surface area contributed by atoms with Crippen LogP contribution in [0, 0.1) is 5.82 Å². The number of halogens is 1. The van der Waals surface area contributed by atoms with E-state index in [1.165, 1.54) is 17.2 Å². The standard InChI is InChI=1S/C30H32FNO4/c1-2-34-29(33)12-8-23-7-9-24(19-28(23)31)35-21-26-11-10-25(36-26)20-32-17-15-30(16-18-32)14-13-22-5-3-4-6-27(22)30/h3-7,9-11,13-14,19H,2,8,12,15-18,20-21H2,1H3. The molecule has 0 atom stereocenters. The molecule has 0 saturated carbocycles. The van der Waals surface area contributed by atoms with Crippen LogP contribution in [-0.4, -0.2) is 30.6 Å². The molecule has 1 aliphatic heterocycles. The molecule has 1 spiro atoms. The number of nitrogens with zero attached hydrogens (tertiary/aromatic N) is 1. The van der Waals surface area contributed by atoms with Crippen molar-refractivity contribution in [1.29, 1.82) is 0 Å². The Morgan fingerprint density at radius 2 is 1.89 bits per heavy atom. The number of rotatable bonds is 9. The van der Waals surface area contributed by atoms with E-state index < -0.39 is 0 Å². The van der Waals surface area contributed by atoms with Crippen molar-refractivity contribution in [3.63, 3.8) is 0 Å². The predicted octanol–water partition coefficient (Wildman–Crippen LogP) is 6.05. The molecule has 5 rings (SSSR count). The lowest BCUT2D eigenvalue weighted by atomic mass is 9.74. The second-order valence-corrected chi connectivity index (χ2v) is 9.57. The molecule has 0 amide bonds. The molecule has 0 radical (unpaired) electrons. The van der Waals surface area contributed by atoms with Crippen molar-refractivity contribution >= 4 is 12.0 Å². The zero-order valence-corrected chi connectivity index (χ0v) is 20.7. The third kappa shape index (κ3) is 5.39. The van der Waals surface area contributed by atoms with Gasteiger partial charge in [0.2, 0.25) is 0 Å². The zero-order valence-electron chi connectivity index (χ0n) is 20.7. The molecular weight excluding hydrogens is 457 g/mol. The highest BCUT2D eigenvalue weighted by atomic mass is 19.1. The Morgan fingerprint density at radius 1 is 1.08 bits per heavy atom. The average molecular weight is 490 g/mol. The van der Waals surface area contributed by atoms with Gasteiger partial charge in [-0.15, -0.1) is 0 Å². The lowest BCUT2D eigenvalue weighted by Crippen LogP contribution is -2.40. The van der Waals surface area contributed by atoms with Crippen molar-refractivity contribution in [3.8, 4) is 5.75 Å². The minimum Gasteiger partial charge on any atom is -0.486 e. The number of carbonyl (C=O) groups excluding carboxylic acids is 1. The fourth-order valence-corrected chi connectivity index (χ4v) is 5.23. The number of allylic oxidation sites excluding steroid dienone is 1. The topological polar surface area (TPSA) is 51.9 Å². The van der Waals surface area contributed by atoms with Crippen LogP contribution < -0.4 is 4.74 Å². The summed E-state index contributed by atoms with van der Waals surface area (Å²) in [6.45, 7) is 5.12. The summed E-state index contributed by atoms with van der Waals surface area (Å²) in [5.41, 5.74) is 3.47. The molecule has 2 heterocycles. The van der Waals surface area contributed by atoms with Gasteiger partial charge in [-0.1, -0.05) is 42.5 Å². The molecule has 6 heteroatoms. The van der Waals surface area contributed by atoms with Gasteiger partial charge in [0.1, 0.15) is 29.7 Å². The van der Waals surface area contributed by atoms with Crippen LogP contribution in [0.3, 0.4) is 0 Å². The summed E-state index contributed by atoms with van der Waals surface area (Å²) in [6, 6.07) is 17.3. The second-order valence-electron chi connectivity index (χ2n) is 9.57. The Morgan fingerprint density at radius 3 is 2.69 bits per heavy atom. The Labute approximate surface area is 211 Å². The first-order chi connectivity index (χ1) is 17.5. The van der Waals surface area contributed by atoms with E-state index in [1.54, 1.807) is 19.1 Å². The Bertz CT molecular complexity index is 1240. The Balaban J connectivity index is 1.10. The number of piperidine rings is 1. The summed E-state index contributed by atoms with van der Waals surface area (Å²) in [7, 11) is 0. The van der Waals surface area contributed by atoms with Crippen LogP contribution in [0.15, 0.2) is 65.1 Å². The highest BCUT2D eigenvalue weighted by molar-refractivity contribution is 5.69. The maximum absolute atomic E-state index is 14.4. The first-order valence-electron chi connectivity index (χ1n) is 12.7. The van der Waals surface area contributed by atoms with Gasteiger partial charge < -0.3 is 13.9 Å². The van der Waals surface area contributed by atoms with Gasteiger partial charge in [0.05, 0.1) is 13.2 Å². The van der Waals surface area contributed by atoms with E-state index >= 15 is 0 Å². The fraction of sp³-hybridized carbons (Fsp3) is 0.367. The molecule has 1 aromatic heterocycles. The van der Waals surface area contributed by atoms with Crippen molar-refractivity contribution in [3.05, 3.63) is 94.7 Å². The van der Waals surface area contributed by atoms with E-state index in [2.05, 4.69) is 41.3 Å². The number of carbonyl (C=O) groups is 1. The normalized spacial score (nSPS) is 16.3. The van der Waals surface area contributed by atoms with Gasteiger partial charge in [-0.05, 0) is 74.2 Å². The summed E-state index contributed by atoms with van der Waals surface area (Å²) in [4.78, 5) is 13.9. The van der Waals surface area contributed by atoms with Gasteiger partial charge in [-0.3, -0.25) is 9.69 Å². The molecule has 0 unspecified atom stereocenters. The minimum atomic E-state index is -0.389.